The lowest BCUT2D eigenvalue weighted by Crippen LogP contribution is -2.31. The third kappa shape index (κ3) is 3.09. The molecule has 0 radical (unpaired) electrons. The van der Waals surface area contributed by atoms with Crippen LogP contribution in [0.3, 0.4) is 0 Å². The Kier molecular flexibility index (Phi) is 3.83. The Morgan fingerprint density at radius 3 is 2.37 bits per heavy atom. The van der Waals surface area contributed by atoms with Crippen molar-refractivity contribution in [2.75, 3.05) is 25.5 Å². The van der Waals surface area contributed by atoms with Crippen molar-refractivity contribution in [2.24, 2.45) is 11.3 Å². The number of nitrogens with one attached hydrogen (secondary N) is 1. The van der Waals surface area contributed by atoms with Gasteiger partial charge in [0.15, 0.2) is 0 Å². The molecule has 1 aliphatic rings. The molecule has 19 heavy (non-hydrogen) atoms. The van der Waals surface area contributed by atoms with Crippen LogP contribution in [0, 0.1) is 11.3 Å². The molecule has 1 aromatic carbocycles. The first-order valence-corrected chi connectivity index (χ1v) is 6.99. The van der Waals surface area contributed by atoms with Crippen molar-refractivity contribution >= 4 is 11.6 Å². The van der Waals surface area contributed by atoms with Crippen molar-refractivity contribution in [1.82, 2.24) is 4.90 Å². The number of benzene rings is 1. The molecule has 104 valence electrons. The summed E-state index contributed by atoms with van der Waals surface area (Å²) in [6, 6.07) is 7.70. The summed E-state index contributed by atoms with van der Waals surface area (Å²) in [4.78, 5) is 14.4. The van der Waals surface area contributed by atoms with Gasteiger partial charge in [0.1, 0.15) is 0 Å². The van der Waals surface area contributed by atoms with Gasteiger partial charge in [-0.2, -0.15) is 0 Å². The lowest BCUT2D eigenvalue weighted by Gasteiger charge is -2.27. The third-order valence-corrected chi connectivity index (χ3v) is 4.12. The van der Waals surface area contributed by atoms with Gasteiger partial charge in [-0.15, -0.1) is 0 Å². The largest absolute Gasteiger partial charge is 0.388 e. The molecule has 0 spiro atoms. The van der Waals surface area contributed by atoms with Crippen LogP contribution in [0.25, 0.3) is 0 Å². The average Bonchev–Trinajstić information content (AvgIpc) is 2.87. The summed E-state index contributed by atoms with van der Waals surface area (Å²) in [6.07, 6.45) is 1.11. The minimum atomic E-state index is 0.161. The summed E-state index contributed by atoms with van der Waals surface area (Å²) in [6.45, 7) is 8.54. The van der Waals surface area contributed by atoms with E-state index in [4.69, 9.17) is 0 Å². The van der Waals surface area contributed by atoms with E-state index >= 15 is 0 Å². The quantitative estimate of drug-likeness (QED) is 0.885. The van der Waals surface area contributed by atoms with Crippen LogP contribution in [0.1, 0.15) is 37.6 Å². The standard InChI is InChI=1S/C16H24N2O/c1-16(2,3)13-9-10-18(11-13)15(19)12-5-7-14(17-4)8-6-12/h5-8,13,17H,9-11H2,1-4H3. The highest BCUT2D eigenvalue weighted by molar-refractivity contribution is 5.94. The Bertz CT molecular complexity index is 445. The zero-order valence-electron chi connectivity index (χ0n) is 12.4. The summed E-state index contributed by atoms with van der Waals surface area (Å²) < 4.78 is 0. The zero-order valence-corrected chi connectivity index (χ0v) is 12.4. The summed E-state index contributed by atoms with van der Waals surface area (Å²) in [5.74, 6) is 0.766. The molecule has 0 aliphatic carbocycles. The van der Waals surface area contributed by atoms with Gasteiger partial charge in [0.2, 0.25) is 0 Å². The van der Waals surface area contributed by atoms with Crippen LogP contribution in [0.2, 0.25) is 0 Å². The van der Waals surface area contributed by atoms with Gasteiger partial charge >= 0.3 is 0 Å². The number of carbonyl (C=O) groups is 1. The van der Waals surface area contributed by atoms with E-state index in [0.29, 0.717) is 5.92 Å². The monoisotopic (exact) mass is 260 g/mol. The first kappa shape index (κ1) is 13.9. The molecule has 1 aliphatic heterocycles. The molecule has 0 aromatic heterocycles. The lowest BCUT2D eigenvalue weighted by atomic mass is 9.80. The van der Waals surface area contributed by atoms with Crippen LogP contribution in [0.4, 0.5) is 5.69 Å². The number of hydrogen-bond donors (Lipinski definition) is 1. The van der Waals surface area contributed by atoms with E-state index in [0.717, 1.165) is 30.8 Å². The van der Waals surface area contributed by atoms with Crippen LogP contribution in [-0.2, 0) is 0 Å². The van der Waals surface area contributed by atoms with Crippen molar-refractivity contribution in [3.63, 3.8) is 0 Å². The Hall–Kier alpha value is -1.51. The summed E-state index contributed by atoms with van der Waals surface area (Å²) in [5, 5.41) is 3.06. The molecule has 0 saturated carbocycles. The zero-order chi connectivity index (χ0) is 14.0. The highest BCUT2D eigenvalue weighted by Gasteiger charge is 2.33. The summed E-state index contributed by atoms with van der Waals surface area (Å²) in [5.41, 5.74) is 2.10. The molecule has 1 unspecified atom stereocenters. The van der Waals surface area contributed by atoms with Crippen LogP contribution in [-0.4, -0.2) is 30.9 Å². The number of nitrogens with zero attached hydrogens (tertiary/aromatic N) is 1. The van der Waals surface area contributed by atoms with E-state index in [2.05, 4.69) is 26.1 Å². The molecule has 1 amide bonds. The molecule has 1 saturated heterocycles. The fourth-order valence-electron chi connectivity index (χ4n) is 2.61. The van der Waals surface area contributed by atoms with Crippen molar-refractivity contribution in [2.45, 2.75) is 27.2 Å². The normalized spacial score (nSPS) is 19.6. The number of likely N-dealkylation sites (tertiary alicyclic amines) is 1. The maximum atomic E-state index is 12.4. The van der Waals surface area contributed by atoms with Gasteiger partial charge in [-0.25, -0.2) is 0 Å². The first-order valence-electron chi connectivity index (χ1n) is 6.99. The molecule has 3 heteroatoms. The van der Waals surface area contributed by atoms with Crippen molar-refractivity contribution < 1.29 is 4.79 Å². The number of hydrogen-bond acceptors (Lipinski definition) is 2. The van der Waals surface area contributed by atoms with Gasteiger partial charge in [-0.1, -0.05) is 20.8 Å². The van der Waals surface area contributed by atoms with Gasteiger partial charge in [-0.3, -0.25) is 4.79 Å². The highest BCUT2D eigenvalue weighted by Crippen LogP contribution is 2.34. The molecular formula is C16H24N2O. The second-order valence-corrected chi connectivity index (χ2v) is 6.43. The van der Waals surface area contributed by atoms with Gasteiger partial charge in [-0.05, 0) is 42.0 Å². The molecule has 0 bridgehead atoms. The fraction of sp³-hybridized carbons (Fsp3) is 0.562. The number of rotatable bonds is 2. The van der Waals surface area contributed by atoms with E-state index < -0.39 is 0 Å². The Morgan fingerprint density at radius 1 is 1.26 bits per heavy atom. The van der Waals surface area contributed by atoms with Gasteiger partial charge in [0.25, 0.3) is 5.91 Å². The predicted molar refractivity (Wildman–Crippen MR) is 79.5 cm³/mol. The van der Waals surface area contributed by atoms with Gasteiger partial charge in [0.05, 0.1) is 0 Å². The van der Waals surface area contributed by atoms with Crippen molar-refractivity contribution in [3.05, 3.63) is 29.8 Å². The second kappa shape index (κ2) is 5.24. The number of amides is 1. The molecule has 3 nitrogen and oxygen atoms in total. The third-order valence-electron chi connectivity index (χ3n) is 4.12. The Morgan fingerprint density at radius 2 is 1.89 bits per heavy atom. The van der Waals surface area contributed by atoms with Crippen molar-refractivity contribution in [1.29, 1.82) is 0 Å². The molecule has 1 heterocycles. The van der Waals surface area contributed by atoms with Crippen LogP contribution in [0.5, 0.6) is 0 Å². The van der Waals surface area contributed by atoms with Crippen LogP contribution >= 0.6 is 0 Å². The van der Waals surface area contributed by atoms with E-state index in [9.17, 15) is 4.79 Å². The van der Waals surface area contributed by atoms with Crippen molar-refractivity contribution in [3.8, 4) is 0 Å². The molecular weight excluding hydrogens is 236 g/mol. The van der Waals surface area contributed by atoms with Gasteiger partial charge in [0, 0.05) is 31.4 Å². The fourth-order valence-corrected chi connectivity index (χ4v) is 2.61. The molecule has 1 fully saturated rings. The first-order chi connectivity index (χ1) is 8.91. The number of anilines is 1. The Balaban J connectivity index is 2.04. The second-order valence-electron chi connectivity index (χ2n) is 6.43. The minimum absolute atomic E-state index is 0.161. The SMILES string of the molecule is CNc1ccc(C(=O)N2CCC(C(C)(C)C)C2)cc1. The van der Waals surface area contributed by atoms with Crippen LogP contribution in [0.15, 0.2) is 24.3 Å². The van der Waals surface area contributed by atoms with E-state index in [1.54, 1.807) is 0 Å². The topological polar surface area (TPSA) is 32.3 Å². The maximum Gasteiger partial charge on any atom is 0.253 e. The maximum absolute atomic E-state index is 12.4. The smallest absolute Gasteiger partial charge is 0.253 e. The predicted octanol–water partition coefficient (Wildman–Crippen LogP) is 3.24. The van der Waals surface area contributed by atoms with Gasteiger partial charge < -0.3 is 10.2 Å². The number of carbonyl (C=O) groups excluding carboxylic acids is 1. The molecule has 1 N–H and O–H groups in total. The molecule has 1 atom stereocenters. The lowest BCUT2D eigenvalue weighted by molar-refractivity contribution is 0.0776. The van der Waals surface area contributed by atoms with E-state index in [-0.39, 0.29) is 11.3 Å². The molecule has 1 aromatic rings. The van der Waals surface area contributed by atoms with E-state index in [1.165, 1.54) is 0 Å². The summed E-state index contributed by atoms with van der Waals surface area (Å²) in [7, 11) is 1.88. The van der Waals surface area contributed by atoms with E-state index in [1.807, 2.05) is 36.2 Å². The minimum Gasteiger partial charge on any atom is -0.388 e. The average molecular weight is 260 g/mol. The molecule has 2 rings (SSSR count). The van der Waals surface area contributed by atoms with Crippen LogP contribution < -0.4 is 5.32 Å². The highest BCUT2D eigenvalue weighted by atomic mass is 16.2. The summed E-state index contributed by atoms with van der Waals surface area (Å²) >= 11 is 0. The Labute approximate surface area is 116 Å².